The van der Waals surface area contributed by atoms with Gasteiger partial charge in [-0.1, -0.05) is 6.07 Å². The summed E-state index contributed by atoms with van der Waals surface area (Å²) >= 11 is 0. The fraction of sp³-hybridized carbons (Fsp3) is 0.429. The van der Waals surface area contributed by atoms with Crippen LogP contribution in [0, 0.1) is 0 Å². The molecular formula is C14H20NO5P. The second kappa shape index (κ2) is 5.90. The summed E-state index contributed by atoms with van der Waals surface area (Å²) in [5, 5.41) is 12.0. The summed E-state index contributed by atoms with van der Waals surface area (Å²) in [7, 11) is -2.56. The van der Waals surface area contributed by atoms with E-state index in [1.54, 1.807) is 34.1 Å². The molecule has 0 aromatic heterocycles. The lowest BCUT2D eigenvalue weighted by molar-refractivity contribution is 0.0636. The van der Waals surface area contributed by atoms with Gasteiger partial charge in [0.1, 0.15) is 12.7 Å². The molecule has 0 aliphatic rings. The molecule has 0 saturated heterocycles. The maximum Gasteiger partial charge on any atom is 0.412 e. The molecule has 0 aliphatic carbocycles. The van der Waals surface area contributed by atoms with Crippen LogP contribution in [-0.2, 0) is 9.30 Å². The van der Waals surface area contributed by atoms with Crippen LogP contribution in [0.25, 0.3) is 0 Å². The standard InChI is InChI=1S/C14H20NO5P/c1-14(2,3)20-13(18)15-11-8-9(21(4,5)19)6-7-10(11)12(16)17/h6-8H,1-5H3,(H,15,18)(H,16,17). The highest BCUT2D eigenvalue weighted by molar-refractivity contribution is 7.70. The molecule has 0 aliphatic heterocycles. The first-order valence-corrected chi connectivity index (χ1v) is 8.93. The van der Waals surface area contributed by atoms with Gasteiger partial charge in [-0.3, -0.25) is 5.32 Å². The van der Waals surface area contributed by atoms with Gasteiger partial charge in [0.15, 0.2) is 0 Å². The van der Waals surface area contributed by atoms with E-state index in [-0.39, 0.29) is 11.3 Å². The van der Waals surface area contributed by atoms with E-state index >= 15 is 0 Å². The molecule has 6 nitrogen and oxygen atoms in total. The zero-order chi connectivity index (χ0) is 16.4. The number of anilines is 1. The Balaban J connectivity index is 3.16. The van der Waals surface area contributed by atoms with Gasteiger partial charge in [0.25, 0.3) is 0 Å². The Morgan fingerprint density at radius 1 is 1.24 bits per heavy atom. The first kappa shape index (κ1) is 17.2. The summed E-state index contributed by atoms with van der Waals surface area (Å²) in [5.74, 6) is -1.19. The van der Waals surface area contributed by atoms with Gasteiger partial charge in [-0.05, 0) is 46.2 Å². The maximum atomic E-state index is 12.1. The minimum absolute atomic E-state index is 0.0678. The number of rotatable bonds is 3. The Labute approximate surface area is 123 Å². The Bertz CT molecular complexity index is 612. The molecule has 0 saturated carbocycles. The van der Waals surface area contributed by atoms with Crippen molar-refractivity contribution in [2.24, 2.45) is 0 Å². The predicted octanol–water partition coefficient (Wildman–Crippen LogP) is 2.98. The number of nitrogens with one attached hydrogen (secondary N) is 1. The highest BCUT2D eigenvalue weighted by atomic mass is 31.2. The fourth-order valence-electron chi connectivity index (χ4n) is 1.57. The summed E-state index contributed by atoms with van der Waals surface area (Å²) in [5.41, 5.74) is -0.716. The van der Waals surface area contributed by atoms with Gasteiger partial charge in [0.2, 0.25) is 0 Å². The molecule has 0 spiro atoms. The lowest BCUT2D eigenvalue weighted by atomic mass is 10.2. The topological polar surface area (TPSA) is 92.7 Å². The highest BCUT2D eigenvalue weighted by Crippen LogP contribution is 2.35. The van der Waals surface area contributed by atoms with Gasteiger partial charge in [0.05, 0.1) is 11.3 Å². The van der Waals surface area contributed by atoms with Crippen molar-refractivity contribution in [1.29, 1.82) is 0 Å². The van der Waals surface area contributed by atoms with E-state index in [2.05, 4.69) is 5.32 Å². The predicted molar refractivity (Wildman–Crippen MR) is 82.3 cm³/mol. The van der Waals surface area contributed by atoms with Crippen LogP contribution in [0.5, 0.6) is 0 Å². The third kappa shape index (κ3) is 5.23. The van der Waals surface area contributed by atoms with Crippen LogP contribution in [0.1, 0.15) is 31.1 Å². The molecule has 1 amide bonds. The van der Waals surface area contributed by atoms with Crippen molar-refractivity contribution in [3.05, 3.63) is 23.8 Å². The number of carboxylic acids is 1. The number of amides is 1. The van der Waals surface area contributed by atoms with E-state index in [4.69, 9.17) is 9.84 Å². The molecule has 1 rings (SSSR count). The summed E-state index contributed by atoms with van der Waals surface area (Å²) < 4.78 is 17.2. The van der Waals surface area contributed by atoms with Crippen molar-refractivity contribution >= 4 is 30.2 Å². The SMILES string of the molecule is CC(C)(C)OC(=O)Nc1cc(P(C)(C)=O)ccc1C(=O)O. The summed E-state index contributed by atoms with van der Waals surface area (Å²) in [6.07, 6.45) is -0.760. The number of hydrogen-bond donors (Lipinski definition) is 2. The second-order valence-electron chi connectivity index (χ2n) is 6.01. The van der Waals surface area contributed by atoms with Crippen LogP contribution in [0.4, 0.5) is 10.5 Å². The van der Waals surface area contributed by atoms with E-state index in [1.807, 2.05) is 0 Å². The van der Waals surface area contributed by atoms with Gasteiger partial charge in [0, 0.05) is 5.30 Å². The van der Waals surface area contributed by atoms with E-state index in [0.29, 0.717) is 5.30 Å². The van der Waals surface area contributed by atoms with E-state index in [1.165, 1.54) is 18.2 Å². The average molecular weight is 313 g/mol. The van der Waals surface area contributed by atoms with Crippen molar-refractivity contribution < 1.29 is 24.0 Å². The monoisotopic (exact) mass is 313 g/mol. The van der Waals surface area contributed by atoms with Gasteiger partial charge in [-0.25, -0.2) is 9.59 Å². The minimum atomic E-state index is -2.56. The number of carbonyl (C=O) groups excluding carboxylic acids is 1. The fourth-order valence-corrected chi connectivity index (χ4v) is 2.44. The molecule has 1 aromatic carbocycles. The van der Waals surface area contributed by atoms with Gasteiger partial charge in [-0.15, -0.1) is 0 Å². The van der Waals surface area contributed by atoms with Crippen molar-refractivity contribution in [2.75, 3.05) is 18.6 Å². The minimum Gasteiger partial charge on any atom is -0.478 e. The van der Waals surface area contributed by atoms with Crippen LogP contribution < -0.4 is 10.6 Å². The zero-order valence-corrected chi connectivity index (χ0v) is 13.7. The number of aromatic carboxylic acids is 1. The molecule has 116 valence electrons. The molecule has 0 unspecified atom stereocenters. The van der Waals surface area contributed by atoms with Crippen LogP contribution in [-0.4, -0.2) is 36.1 Å². The summed E-state index contributed by atoms with van der Waals surface area (Å²) in [6.45, 7) is 8.24. The Morgan fingerprint density at radius 2 is 1.81 bits per heavy atom. The van der Waals surface area contributed by atoms with E-state index < -0.39 is 24.8 Å². The second-order valence-corrected chi connectivity index (χ2v) is 9.23. The quantitative estimate of drug-likeness (QED) is 0.837. The van der Waals surface area contributed by atoms with Gasteiger partial charge < -0.3 is 14.4 Å². The lowest BCUT2D eigenvalue weighted by Crippen LogP contribution is -2.28. The van der Waals surface area contributed by atoms with Crippen molar-refractivity contribution in [3.8, 4) is 0 Å². The third-order valence-corrected chi connectivity index (χ3v) is 4.01. The third-order valence-electron chi connectivity index (χ3n) is 2.49. The van der Waals surface area contributed by atoms with Crippen LogP contribution in [0.15, 0.2) is 18.2 Å². The molecular weight excluding hydrogens is 293 g/mol. The molecule has 1 aromatic rings. The Morgan fingerprint density at radius 3 is 2.24 bits per heavy atom. The van der Waals surface area contributed by atoms with Crippen molar-refractivity contribution in [2.45, 2.75) is 26.4 Å². The zero-order valence-electron chi connectivity index (χ0n) is 12.8. The molecule has 0 bridgehead atoms. The Hall–Kier alpha value is -1.81. The number of carbonyl (C=O) groups is 2. The lowest BCUT2D eigenvalue weighted by Gasteiger charge is -2.20. The molecule has 0 heterocycles. The van der Waals surface area contributed by atoms with E-state index in [0.717, 1.165) is 0 Å². The average Bonchev–Trinajstić information content (AvgIpc) is 2.24. The van der Waals surface area contributed by atoms with Crippen molar-refractivity contribution in [1.82, 2.24) is 0 Å². The number of hydrogen-bond acceptors (Lipinski definition) is 4. The van der Waals surface area contributed by atoms with E-state index in [9.17, 15) is 14.2 Å². The first-order chi connectivity index (χ1) is 9.40. The van der Waals surface area contributed by atoms with Crippen molar-refractivity contribution in [3.63, 3.8) is 0 Å². The van der Waals surface area contributed by atoms with Crippen LogP contribution >= 0.6 is 7.14 Å². The number of carboxylic acid groups (broad SMARTS) is 1. The van der Waals surface area contributed by atoms with Gasteiger partial charge in [-0.2, -0.15) is 0 Å². The Kier molecular flexibility index (Phi) is 4.84. The molecule has 21 heavy (non-hydrogen) atoms. The first-order valence-electron chi connectivity index (χ1n) is 6.33. The molecule has 7 heteroatoms. The number of benzene rings is 1. The summed E-state index contributed by atoms with van der Waals surface area (Å²) in [4.78, 5) is 23.0. The van der Waals surface area contributed by atoms with Gasteiger partial charge >= 0.3 is 12.1 Å². The largest absolute Gasteiger partial charge is 0.478 e. The molecule has 0 radical (unpaired) electrons. The smallest absolute Gasteiger partial charge is 0.412 e. The summed E-state index contributed by atoms with van der Waals surface area (Å²) in [6, 6.07) is 4.22. The molecule has 0 atom stereocenters. The molecule has 0 fully saturated rings. The normalized spacial score (nSPS) is 11.9. The maximum absolute atomic E-state index is 12.1. The van der Waals surface area contributed by atoms with Crippen LogP contribution in [0.2, 0.25) is 0 Å². The highest BCUT2D eigenvalue weighted by Gasteiger charge is 2.21. The molecule has 2 N–H and O–H groups in total. The van der Waals surface area contributed by atoms with Crippen LogP contribution in [0.3, 0.4) is 0 Å². The number of ether oxygens (including phenoxy) is 1.